The fraction of sp³-hybridized carbons (Fsp3) is 0.250. The molecule has 0 aliphatic heterocycles. The highest BCUT2D eigenvalue weighted by molar-refractivity contribution is 5.94. The summed E-state index contributed by atoms with van der Waals surface area (Å²) in [5.41, 5.74) is -2.28. The summed E-state index contributed by atoms with van der Waals surface area (Å²) in [6, 6.07) is 1.02. The van der Waals surface area contributed by atoms with E-state index < -0.39 is 46.7 Å². The molecule has 0 atom stereocenters. The van der Waals surface area contributed by atoms with Crippen molar-refractivity contribution in [2.24, 2.45) is 0 Å². The maximum absolute atomic E-state index is 14.0. The number of H-pyrrole nitrogens is 1. The highest BCUT2D eigenvalue weighted by Gasteiger charge is 2.36. The highest BCUT2D eigenvalue weighted by atomic mass is 19.4. The van der Waals surface area contributed by atoms with Crippen molar-refractivity contribution in [2.45, 2.75) is 13.3 Å². The number of aromatic nitrogens is 3. The van der Waals surface area contributed by atoms with Crippen LogP contribution in [0.5, 0.6) is 5.75 Å². The molecule has 1 aromatic carbocycles. The predicted molar refractivity (Wildman–Crippen MR) is 64.4 cm³/mol. The van der Waals surface area contributed by atoms with Gasteiger partial charge in [0.1, 0.15) is 11.5 Å². The third kappa shape index (κ3) is 3.55. The molecular weight excluding hydrogens is 329 g/mol. The average molecular weight is 337 g/mol. The van der Waals surface area contributed by atoms with E-state index in [2.05, 4.69) is 19.7 Å². The van der Waals surface area contributed by atoms with Gasteiger partial charge in [0.25, 0.3) is 0 Å². The molecule has 1 aromatic heterocycles. The van der Waals surface area contributed by atoms with E-state index in [0.717, 1.165) is 0 Å². The Hall–Kier alpha value is -2.72. The van der Waals surface area contributed by atoms with Gasteiger partial charge in [0.15, 0.2) is 17.3 Å². The van der Waals surface area contributed by atoms with Gasteiger partial charge >= 0.3 is 12.3 Å². The smallest absolute Gasteiger partial charge is 0.461 e. The Morgan fingerprint density at radius 1 is 1.22 bits per heavy atom. The van der Waals surface area contributed by atoms with Crippen molar-refractivity contribution in [3.63, 3.8) is 0 Å². The van der Waals surface area contributed by atoms with Crippen molar-refractivity contribution < 1.29 is 36.2 Å². The van der Waals surface area contributed by atoms with Gasteiger partial charge in [-0.15, -0.1) is 18.3 Å². The van der Waals surface area contributed by atoms with Gasteiger partial charge in [0.2, 0.25) is 0 Å². The summed E-state index contributed by atoms with van der Waals surface area (Å²) in [5.74, 6) is -5.31. The van der Waals surface area contributed by atoms with Crippen molar-refractivity contribution in [3.8, 4) is 17.0 Å². The fourth-order valence-electron chi connectivity index (χ4n) is 1.72. The molecule has 0 radical (unpaired) electrons. The predicted octanol–water partition coefficient (Wildman–Crippen LogP) is 2.83. The maximum Gasteiger partial charge on any atom is 0.573 e. The molecule has 11 heteroatoms. The number of hydrogen-bond donors (Lipinski definition) is 1. The number of carbonyl (C=O) groups excluding carboxylic acids is 1. The van der Waals surface area contributed by atoms with Gasteiger partial charge in [-0.3, -0.25) is 0 Å². The number of carbonyl (C=O) groups is 1. The molecule has 0 unspecified atom stereocenters. The van der Waals surface area contributed by atoms with E-state index in [1.807, 2.05) is 5.21 Å². The molecule has 0 bridgehead atoms. The lowest BCUT2D eigenvalue weighted by molar-refractivity contribution is -0.275. The standard InChI is InChI=1S/C12H8F5N3O3/c1-2-22-11(21)9-8(18-20-19-9)7-5(13)3-4-6(14)10(7)23-12(15,16)17/h3-4H,2H2,1H3,(H,18,19,20). The van der Waals surface area contributed by atoms with E-state index in [-0.39, 0.29) is 6.61 Å². The van der Waals surface area contributed by atoms with Crippen molar-refractivity contribution >= 4 is 5.97 Å². The third-order valence-corrected chi connectivity index (χ3v) is 2.53. The van der Waals surface area contributed by atoms with Gasteiger partial charge in [-0.1, -0.05) is 0 Å². The van der Waals surface area contributed by atoms with E-state index in [1.54, 1.807) is 0 Å². The number of nitrogens with one attached hydrogen (secondary N) is 1. The van der Waals surface area contributed by atoms with Crippen LogP contribution in [0.4, 0.5) is 22.0 Å². The van der Waals surface area contributed by atoms with Crippen LogP contribution in [0.25, 0.3) is 11.3 Å². The molecule has 1 N–H and O–H groups in total. The molecule has 1 heterocycles. The van der Waals surface area contributed by atoms with Crippen LogP contribution in [0.15, 0.2) is 12.1 Å². The second-order valence-electron chi connectivity index (χ2n) is 4.02. The summed E-state index contributed by atoms with van der Waals surface area (Å²) in [5, 5.41) is 8.72. The van der Waals surface area contributed by atoms with Crippen LogP contribution in [0.2, 0.25) is 0 Å². The average Bonchev–Trinajstić information content (AvgIpc) is 2.91. The molecule has 2 aromatic rings. The minimum atomic E-state index is -5.28. The zero-order valence-corrected chi connectivity index (χ0v) is 11.4. The summed E-state index contributed by atoms with van der Waals surface area (Å²) >= 11 is 0. The molecule has 0 aliphatic rings. The van der Waals surface area contributed by atoms with Crippen LogP contribution in [0.1, 0.15) is 17.4 Å². The molecule has 0 saturated carbocycles. The zero-order valence-electron chi connectivity index (χ0n) is 11.4. The Morgan fingerprint density at radius 2 is 1.87 bits per heavy atom. The van der Waals surface area contributed by atoms with E-state index in [1.165, 1.54) is 6.92 Å². The van der Waals surface area contributed by atoms with Crippen LogP contribution < -0.4 is 4.74 Å². The Balaban J connectivity index is 2.62. The number of halogens is 5. The number of hydrogen-bond acceptors (Lipinski definition) is 5. The quantitative estimate of drug-likeness (QED) is 0.686. The topological polar surface area (TPSA) is 77.1 Å². The van der Waals surface area contributed by atoms with Crippen LogP contribution in [0, 0.1) is 11.6 Å². The Kier molecular flexibility index (Phi) is 4.48. The fourth-order valence-corrected chi connectivity index (χ4v) is 1.72. The summed E-state index contributed by atoms with van der Waals surface area (Å²) < 4.78 is 73.0. The second kappa shape index (κ2) is 6.18. The lowest BCUT2D eigenvalue weighted by Gasteiger charge is -2.13. The highest BCUT2D eigenvalue weighted by Crippen LogP contribution is 2.38. The molecule has 0 saturated heterocycles. The van der Waals surface area contributed by atoms with Gasteiger partial charge in [0, 0.05) is 0 Å². The molecule has 2 rings (SSSR count). The van der Waals surface area contributed by atoms with Crippen molar-refractivity contribution in [2.75, 3.05) is 6.61 Å². The van der Waals surface area contributed by atoms with Gasteiger partial charge in [-0.2, -0.15) is 10.3 Å². The van der Waals surface area contributed by atoms with Gasteiger partial charge in [-0.25, -0.2) is 13.6 Å². The SMILES string of the molecule is CCOC(=O)c1n[nH]nc1-c1c(F)ccc(F)c1OC(F)(F)F. The summed E-state index contributed by atoms with van der Waals surface area (Å²) in [6.07, 6.45) is -5.28. The largest absolute Gasteiger partial charge is 0.573 e. The second-order valence-corrected chi connectivity index (χ2v) is 4.02. The first-order valence-corrected chi connectivity index (χ1v) is 6.06. The van der Waals surface area contributed by atoms with Crippen LogP contribution >= 0.6 is 0 Å². The first kappa shape index (κ1) is 16.6. The van der Waals surface area contributed by atoms with Crippen molar-refractivity contribution in [3.05, 3.63) is 29.5 Å². The number of esters is 1. The Bertz CT molecular complexity index is 729. The summed E-state index contributed by atoms with van der Waals surface area (Å²) in [7, 11) is 0. The molecular formula is C12H8F5N3O3. The molecule has 0 aliphatic carbocycles. The Labute approximate surface area is 125 Å². The lowest BCUT2D eigenvalue weighted by atomic mass is 10.1. The van der Waals surface area contributed by atoms with Gasteiger partial charge in [-0.05, 0) is 19.1 Å². The Morgan fingerprint density at radius 3 is 2.48 bits per heavy atom. The molecule has 0 fully saturated rings. The van der Waals surface area contributed by atoms with E-state index in [0.29, 0.717) is 12.1 Å². The minimum absolute atomic E-state index is 0.0668. The molecule has 124 valence electrons. The molecule has 0 amide bonds. The summed E-state index contributed by atoms with van der Waals surface area (Å²) in [6.45, 7) is 1.40. The van der Waals surface area contributed by atoms with Crippen LogP contribution in [0.3, 0.4) is 0 Å². The number of alkyl halides is 3. The van der Waals surface area contributed by atoms with Gasteiger partial charge < -0.3 is 9.47 Å². The third-order valence-electron chi connectivity index (χ3n) is 2.53. The van der Waals surface area contributed by atoms with Crippen molar-refractivity contribution in [1.29, 1.82) is 0 Å². The zero-order chi connectivity index (χ0) is 17.2. The number of rotatable bonds is 4. The number of ether oxygens (including phenoxy) is 2. The maximum atomic E-state index is 14.0. The van der Waals surface area contributed by atoms with Gasteiger partial charge in [0.05, 0.1) is 12.2 Å². The molecule has 0 spiro atoms. The first-order valence-electron chi connectivity index (χ1n) is 6.06. The molecule has 6 nitrogen and oxygen atoms in total. The normalized spacial score (nSPS) is 11.4. The summed E-state index contributed by atoms with van der Waals surface area (Å²) in [4.78, 5) is 11.7. The monoisotopic (exact) mass is 337 g/mol. The number of nitrogens with zero attached hydrogens (tertiary/aromatic N) is 2. The van der Waals surface area contributed by atoms with Crippen molar-refractivity contribution in [1.82, 2.24) is 15.4 Å². The van der Waals surface area contributed by atoms with E-state index >= 15 is 0 Å². The van der Waals surface area contributed by atoms with Crippen LogP contribution in [-0.4, -0.2) is 34.3 Å². The molecule has 23 heavy (non-hydrogen) atoms. The lowest BCUT2D eigenvalue weighted by Crippen LogP contribution is -2.19. The van der Waals surface area contributed by atoms with E-state index in [9.17, 15) is 26.7 Å². The van der Waals surface area contributed by atoms with Crippen LogP contribution in [-0.2, 0) is 4.74 Å². The first-order chi connectivity index (χ1) is 10.7. The minimum Gasteiger partial charge on any atom is -0.461 e. The van der Waals surface area contributed by atoms with E-state index in [4.69, 9.17) is 0 Å². The number of benzene rings is 1. The number of aromatic amines is 1.